The first-order chi connectivity index (χ1) is 11.1. The third kappa shape index (κ3) is 4.52. The topological polar surface area (TPSA) is 93.9 Å². The summed E-state index contributed by atoms with van der Waals surface area (Å²) in [5.74, 6) is 0.539. The molecule has 7 nitrogen and oxygen atoms in total. The third-order valence-electron chi connectivity index (χ3n) is 3.96. The van der Waals surface area contributed by atoms with Crippen LogP contribution in [0.5, 0.6) is 11.5 Å². The van der Waals surface area contributed by atoms with Crippen LogP contribution in [0.4, 0.5) is 0 Å². The Morgan fingerprint density at radius 3 is 2.75 bits per heavy atom. The van der Waals surface area contributed by atoms with Crippen molar-refractivity contribution in [2.75, 3.05) is 33.9 Å². The van der Waals surface area contributed by atoms with Crippen LogP contribution in [0, 0.1) is 0 Å². The van der Waals surface area contributed by atoms with Gasteiger partial charge in [-0.1, -0.05) is 0 Å². The zero-order valence-corrected chi connectivity index (χ0v) is 14.7. The van der Waals surface area contributed by atoms with E-state index in [1.54, 1.807) is 23.1 Å². The van der Waals surface area contributed by atoms with E-state index >= 15 is 0 Å². The molecule has 1 heterocycles. The lowest BCUT2D eigenvalue weighted by Gasteiger charge is -2.24. The van der Waals surface area contributed by atoms with Crippen molar-refractivity contribution in [2.45, 2.75) is 18.9 Å². The quantitative estimate of drug-likeness (QED) is 0.785. The van der Waals surface area contributed by atoms with Crippen LogP contribution in [0.25, 0.3) is 0 Å². The fourth-order valence-corrected chi connectivity index (χ4v) is 2.65. The number of carbonyl (C=O) groups excluding carboxylic acids is 2. The predicted molar refractivity (Wildman–Crippen MR) is 92.9 cm³/mol. The van der Waals surface area contributed by atoms with Crippen LogP contribution in [-0.4, -0.2) is 56.6 Å². The smallest absolute Gasteiger partial charge is 0.257 e. The molecule has 24 heavy (non-hydrogen) atoms. The molecule has 2 rings (SSSR count). The van der Waals surface area contributed by atoms with Crippen LogP contribution in [0.2, 0.25) is 0 Å². The van der Waals surface area contributed by atoms with E-state index in [2.05, 4.69) is 5.32 Å². The van der Waals surface area contributed by atoms with Gasteiger partial charge in [-0.2, -0.15) is 0 Å². The molecule has 0 spiro atoms. The van der Waals surface area contributed by atoms with E-state index in [-0.39, 0.29) is 36.9 Å². The molecule has 8 heteroatoms. The number of nitrogens with two attached hydrogens (primary N) is 1. The summed E-state index contributed by atoms with van der Waals surface area (Å²) >= 11 is 0. The normalized spacial score (nSPS) is 16.3. The number of methoxy groups -OCH3 is 1. The Kier molecular flexibility index (Phi) is 7.81. The lowest BCUT2D eigenvalue weighted by molar-refractivity contribution is -0.122. The number of ether oxygens (including phenoxy) is 2. The van der Waals surface area contributed by atoms with Crippen molar-refractivity contribution in [3.8, 4) is 11.5 Å². The first kappa shape index (κ1) is 20.1. The van der Waals surface area contributed by atoms with Gasteiger partial charge in [-0.25, -0.2) is 0 Å². The van der Waals surface area contributed by atoms with E-state index in [9.17, 15) is 9.59 Å². The van der Waals surface area contributed by atoms with Crippen LogP contribution in [0.3, 0.4) is 0 Å². The molecule has 2 amide bonds. The summed E-state index contributed by atoms with van der Waals surface area (Å²) in [4.78, 5) is 25.7. The maximum Gasteiger partial charge on any atom is 0.257 e. The minimum Gasteiger partial charge on any atom is -0.493 e. The van der Waals surface area contributed by atoms with Gasteiger partial charge in [0.2, 0.25) is 0 Å². The van der Waals surface area contributed by atoms with Crippen molar-refractivity contribution in [3.63, 3.8) is 0 Å². The van der Waals surface area contributed by atoms with E-state index in [4.69, 9.17) is 15.2 Å². The maximum atomic E-state index is 12.6. The van der Waals surface area contributed by atoms with Gasteiger partial charge in [0.05, 0.1) is 7.11 Å². The second-order valence-electron chi connectivity index (χ2n) is 5.36. The highest BCUT2D eigenvalue weighted by Crippen LogP contribution is 2.29. The number of rotatable bonds is 6. The van der Waals surface area contributed by atoms with Crippen molar-refractivity contribution in [1.82, 2.24) is 10.2 Å². The zero-order chi connectivity index (χ0) is 16.8. The molecule has 0 bridgehead atoms. The number of nitrogens with zero attached hydrogens (tertiary/aromatic N) is 1. The minimum absolute atomic E-state index is 0. The molecule has 1 fully saturated rings. The maximum absolute atomic E-state index is 12.6. The van der Waals surface area contributed by atoms with Crippen molar-refractivity contribution in [2.24, 2.45) is 5.73 Å². The second kappa shape index (κ2) is 9.34. The molecule has 0 saturated carbocycles. The van der Waals surface area contributed by atoms with E-state index in [1.165, 1.54) is 14.2 Å². The molecule has 3 N–H and O–H groups in total. The van der Waals surface area contributed by atoms with Gasteiger partial charge in [0.25, 0.3) is 11.8 Å². The van der Waals surface area contributed by atoms with Gasteiger partial charge in [0.1, 0.15) is 0 Å². The summed E-state index contributed by atoms with van der Waals surface area (Å²) in [5.41, 5.74) is 6.25. The van der Waals surface area contributed by atoms with E-state index in [0.29, 0.717) is 23.6 Å². The average molecular weight is 358 g/mol. The third-order valence-corrected chi connectivity index (χ3v) is 3.96. The summed E-state index contributed by atoms with van der Waals surface area (Å²) in [6.45, 7) is 1.08. The Balaban J connectivity index is 0.00000288. The highest BCUT2D eigenvalue weighted by atomic mass is 35.5. The molecule has 1 aliphatic rings. The molecule has 0 radical (unpaired) electrons. The van der Waals surface area contributed by atoms with E-state index in [0.717, 1.165) is 19.4 Å². The fraction of sp³-hybridized carbons (Fsp3) is 0.500. The monoisotopic (exact) mass is 357 g/mol. The number of likely N-dealkylation sites (tertiary alicyclic amines) is 1. The number of carbonyl (C=O) groups is 2. The SMILES string of the molecule is CNC(=O)COc1ccc(C(=O)N2CCCC2CN)cc1OC.Cl. The molecular weight excluding hydrogens is 334 g/mol. The fourth-order valence-electron chi connectivity index (χ4n) is 2.65. The van der Waals surface area contributed by atoms with E-state index in [1.807, 2.05) is 0 Å². The van der Waals surface area contributed by atoms with Crippen molar-refractivity contribution < 1.29 is 19.1 Å². The van der Waals surface area contributed by atoms with Crippen LogP contribution >= 0.6 is 12.4 Å². The number of nitrogens with one attached hydrogen (secondary N) is 1. The molecule has 1 atom stereocenters. The van der Waals surface area contributed by atoms with Crippen LogP contribution in [-0.2, 0) is 4.79 Å². The average Bonchev–Trinajstić information content (AvgIpc) is 3.07. The van der Waals surface area contributed by atoms with Crippen molar-refractivity contribution in [3.05, 3.63) is 23.8 Å². The summed E-state index contributed by atoms with van der Waals surface area (Å²) in [6.07, 6.45) is 1.91. The lowest BCUT2D eigenvalue weighted by Crippen LogP contribution is -2.39. The molecule has 1 aliphatic heterocycles. The number of benzene rings is 1. The van der Waals surface area contributed by atoms with Crippen molar-refractivity contribution >= 4 is 24.2 Å². The molecule has 1 unspecified atom stereocenters. The molecular formula is C16H24ClN3O4. The van der Waals surface area contributed by atoms with Crippen LogP contribution in [0.1, 0.15) is 23.2 Å². The molecule has 1 saturated heterocycles. The van der Waals surface area contributed by atoms with Gasteiger partial charge in [0.15, 0.2) is 18.1 Å². The molecule has 1 aromatic carbocycles. The van der Waals surface area contributed by atoms with Crippen LogP contribution in [0.15, 0.2) is 18.2 Å². The van der Waals surface area contributed by atoms with Gasteiger partial charge in [-0.15, -0.1) is 12.4 Å². The van der Waals surface area contributed by atoms with Gasteiger partial charge < -0.3 is 25.4 Å². The summed E-state index contributed by atoms with van der Waals surface area (Å²) < 4.78 is 10.7. The zero-order valence-electron chi connectivity index (χ0n) is 13.9. The minimum atomic E-state index is -0.241. The Morgan fingerprint density at radius 2 is 2.12 bits per heavy atom. The standard InChI is InChI=1S/C16H23N3O4.ClH/c1-18-15(20)10-23-13-6-5-11(8-14(13)22-2)16(21)19-7-3-4-12(19)9-17;/h5-6,8,12H,3-4,7,9-10,17H2,1-2H3,(H,18,20);1H. The molecule has 134 valence electrons. The van der Waals surface area contributed by atoms with Crippen molar-refractivity contribution in [1.29, 1.82) is 0 Å². The highest BCUT2D eigenvalue weighted by molar-refractivity contribution is 5.95. The lowest BCUT2D eigenvalue weighted by atomic mass is 10.1. The number of hydrogen-bond donors (Lipinski definition) is 2. The van der Waals surface area contributed by atoms with Gasteiger partial charge in [0, 0.05) is 31.7 Å². The summed E-state index contributed by atoms with van der Waals surface area (Å²) in [6, 6.07) is 5.05. The second-order valence-corrected chi connectivity index (χ2v) is 5.36. The van der Waals surface area contributed by atoms with Crippen LogP contribution < -0.4 is 20.5 Å². The molecule has 0 aliphatic carbocycles. The summed E-state index contributed by atoms with van der Waals surface area (Å²) in [5, 5.41) is 2.47. The number of halogens is 1. The summed E-state index contributed by atoms with van der Waals surface area (Å²) in [7, 11) is 3.03. The van der Waals surface area contributed by atoms with E-state index < -0.39 is 0 Å². The first-order valence-electron chi connectivity index (χ1n) is 7.63. The van der Waals surface area contributed by atoms with Gasteiger partial charge >= 0.3 is 0 Å². The van der Waals surface area contributed by atoms with Gasteiger partial charge in [-0.3, -0.25) is 9.59 Å². The number of amides is 2. The highest BCUT2D eigenvalue weighted by Gasteiger charge is 2.28. The molecule has 1 aromatic rings. The predicted octanol–water partition coefficient (Wildman–Crippen LogP) is 0.805. The first-order valence-corrected chi connectivity index (χ1v) is 7.63. The Morgan fingerprint density at radius 1 is 1.38 bits per heavy atom. The Bertz CT molecular complexity index is 582. The largest absolute Gasteiger partial charge is 0.493 e. The number of hydrogen-bond acceptors (Lipinski definition) is 5. The van der Waals surface area contributed by atoms with Gasteiger partial charge in [-0.05, 0) is 31.0 Å². The number of likely N-dealkylation sites (N-methyl/N-ethyl adjacent to an activating group) is 1. The molecule has 0 aromatic heterocycles. The Labute approximate surface area is 147 Å². The Hall–Kier alpha value is -1.99.